The second kappa shape index (κ2) is 7.87. The average molecular weight is 414 g/mol. The van der Waals surface area contributed by atoms with Crippen LogP contribution in [0.25, 0.3) is 10.2 Å². The van der Waals surface area contributed by atoms with Gasteiger partial charge in [-0.15, -0.1) is 11.3 Å². The normalized spacial score (nSPS) is 15.8. The fourth-order valence-electron chi connectivity index (χ4n) is 3.72. The predicted octanol–water partition coefficient (Wildman–Crippen LogP) is 3.48. The van der Waals surface area contributed by atoms with E-state index in [9.17, 15) is 9.59 Å². The number of aromatic nitrogens is 2. The van der Waals surface area contributed by atoms with Crippen LogP contribution >= 0.6 is 11.3 Å². The highest BCUT2D eigenvalue weighted by Crippen LogP contribution is 2.35. The van der Waals surface area contributed by atoms with Crippen molar-refractivity contribution in [3.8, 4) is 11.5 Å². The van der Waals surface area contributed by atoms with E-state index in [4.69, 9.17) is 14.2 Å². The number of aromatic amines is 1. The third-order valence-electron chi connectivity index (χ3n) is 5.19. The van der Waals surface area contributed by atoms with Crippen LogP contribution in [-0.2, 0) is 24.2 Å². The number of esters is 1. The molecule has 0 spiro atoms. The highest BCUT2D eigenvalue weighted by atomic mass is 32.1. The Morgan fingerprint density at radius 3 is 2.69 bits per heavy atom. The second-order valence-electron chi connectivity index (χ2n) is 7.16. The number of carbonyl (C=O) groups is 1. The Morgan fingerprint density at radius 2 is 2.00 bits per heavy atom. The lowest BCUT2D eigenvalue weighted by Crippen LogP contribution is -2.16. The summed E-state index contributed by atoms with van der Waals surface area (Å²) in [6, 6.07) is 5.03. The van der Waals surface area contributed by atoms with Crippen molar-refractivity contribution in [3.63, 3.8) is 0 Å². The molecule has 1 atom stereocenters. The SMILES string of the molecule is COc1cccc(OC)c1C(=O)OCc1nc2sc3c(c2c(=O)[nH]1)CC[C@H](C)C3. The van der Waals surface area contributed by atoms with Crippen LogP contribution in [0.1, 0.15) is 40.0 Å². The van der Waals surface area contributed by atoms with Gasteiger partial charge in [0.1, 0.15) is 34.3 Å². The van der Waals surface area contributed by atoms with E-state index in [1.54, 1.807) is 29.5 Å². The summed E-state index contributed by atoms with van der Waals surface area (Å²) in [6.45, 7) is 2.08. The molecule has 2 heterocycles. The number of rotatable bonds is 5. The lowest BCUT2D eigenvalue weighted by Gasteiger charge is -2.17. The highest BCUT2D eigenvalue weighted by molar-refractivity contribution is 7.18. The smallest absolute Gasteiger partial charge is 0.346 e. The third kappa shape index (κ3) is 3.60. The lowest BCUT2D eigenvalue weighted by atomic mass is 9.89. The summed E-state index contributed by atoms with van der Waals surface area (Å²) in [4.78, 5) is 34.5. The second-order valence-corrected chi connectivity index (χ2v) is 8.24. The van der Waals surface area contributed by atoms with Gasteiger partial charge in [0.2, 0.25) is 0 Å². The lowest BCUT2D eigenvalue weighted by molar-refractivity contribution is 0.0455. The maximum Gasteiger partial charge on any atom is 0.346 e. The molecule has 1 aromatic carbocycles. The number of nitrogens with one attached hydrogen (secondary N) is 1. The van der Waals surface area contributed by atoms with Crippen molar-refractivity contribution in [3.05, 3.63) is 50.4 Å². The zero-order chi connectivity index (χ0) is 20.5. The first-order chi connectivity index (χ1) is 14.0. The summed E-state index contributed by atoms with van der Waals surface area (Å²) in [5.74, 6) is 1.03. The van der Waals surface area contributed by atoms with Gasteiger partial charge in [-0.05, 0) is 42.9 Å². The number of fused-ring (bicyclic) bond motifs is 3. The van der Waals surface area contributed by atoms with Crippen molar-refractivity contribution in [1.29, 1.82) is 0 Å². The van der Waals surface area contributed by atoms with Crippen molar-refractivity contribution >= 4 is 27.5 Å². The van der Waals surface area contributed by atoms with Gasteiger partial charge in [0.25, 0.3) is 5.56 Å². The van der Waals surface area contributed by atoms with Crippen molar-refractivity contribution in [2.75, 3.05) is 14.2 Å². The highest BCUT2D eigenvalue weighted by Gasteiger charge is 2.24. The molecule has 0 saturated carbocycles. The Hall–Kier alpha value is -2.87. The largest absolute Gasteiger partial charge is 0.496 e. The van der Waals surface area contributed by atoms with Crippen molar-refractivity contribution in [2.24, 2.45) is 5.92 Å². The summed E-state index contributed by atoms with van der Waals surface area (Å²) >= 11 is 1.56. The number of H-pyrrole nitrogens is 1. The van der Waals surface area contributed by atoms with Gasteiger partial charge in [-0.2, -0.15) is 0 Å². The van der Waals surface area contributed by atoms with Crippen molar-refractivity contribution < 1.29 is 19.0 Å². The van der Waals surface area contributed by atoms with Crippen LogP contribution in [0.2, 0.25) is 0 Å². The molecule has 7 nitrogen and oxygen atoms in total. The molecule has 0 saturated heterocycles. The van der Waals surface area contributed by atoms with E-state index in [-0.39, 0.29) is 17.7 Å². The minimum absolute atomic E-state index is 0.149. The number of methoxy groups -OCH3 is 2. The molecule has 3 aromatic rings. The van der Waals surface area contributed by atoms with Gasteiger partial charge in [-0.1, -0.05) is 13.0 Å². The number of benzene rings is 1. The minimum atomic E-state index is -0.610. The maximum atomic E-state index is 12.7. The Morgan fingerprint density at radius 1 is 1.28 bits per heavy atom. The number of nitrogens with zero attached hydrogens (tertiary/aromatic N) is 1. The molecule has 0 amide bonds. The first-order valence-electron chi connectivity index (χ1n) is 9.43. The molecule has 2 aromatic heterocycles. The molecule has 8 heteroatoms. The van der Waals surface area contributed by atoms with E-state index in [0.29, 0.717) is 33.5 Å². The minimum Gasteiger partial charge on any atom is -0.496 e. The molecule has 1 N–H and O–H groups in total. The molecular formula is C21H22N2O5S. The molecule has 1 aliphatic carbocycles. The molecule has 0 aliphatic heterocycles. The molecule has 152 valence electrons. The number of hydrogen-bond donors (Lipinski definition) is 1. The van der Waals surface area contributed by atoms with E-state index in [2.05, 4.69) is 16.9 Å². The monoisotopic (exact) mass is 414 g/mol. The van der Waals surface area contributed by atoms with Crippen LogP contribution in [0.15, 0.2) is 23.0 Å². The molecule has 0 bridgehead atoms. The summed E-state index contributed by atoms with van der Waals surface area (Å²) < 4.78 is 15.9. The van der Waals surface area contributed by atoms with E-state index in [1.165, 1.54) is 19.1 Å². The van der Waals surface area contributed by atoms with Crippen molar-refractivity contribution in [2.45, 2.75) is 32.8 Å². The number of ether oxygens (including phenoxy) is 3. The summed E-state index contributed by atoms with van der Waals surface area (Å²) in [5, 5.41) is 0.679. The summed E-state index contributed by atoms with van der Waals surface area (Å²) in [7, 11) is 2.94. The number of aryl methyl sites for hydroxylation is 1. The molecule has 0 radical (unpaired) electrons. The third-order valence-corrected chi connectivity index (χ3v) is 6.33. The number of hydrogen-bond acceptors (Lipinski definition) is 7. The van der Waals surface area contributed by atoms with E-state index in [0.717, 1.165) is 24.8 Å². The van der Waals surface area contributed by atoms with Crippen LogP contribution in [0.5, 0.6) is 11.5 Å². The van der Waals surface area contributed by atoms with Gasteiger partial charge in [-0.25, -0.2) is 9.78 Å². The van der Waals surface area contributed by atoms with Gasteiger partial charge in [-0.3, -0.25) is 4.79 Å². The number of carbonyl (C=O) groups excluding carboxylic acids is 1. The molecule has 0 fully saturated rings. The Labute approximate surface area is 171 Å². The van der Waals surface area contributed by atoms with Crippen LogP contribution in [-0.4, -0.2) is 30.2 Å². The van der Waals surface area contributed by atoms with E-state index in [1.807, 2.05) is 0 Å². The maximum absolute atomic E-state index is 12.7. The Bertz CT molecular complexity index is 1110. The van der Waals surface area contributed by atoms with Gasteiger partial charge >= 0.3 is 5.97 Å². The standard InChI is InChI=1S/C21H22N2O5S/c1-11-7-8-12-15(9-11)29-20-17(12)19(24)22-16(23-20)10-28-21(25)18-13(26-2)5-4-6-14(18)27-3/h4-6,11H,7-10H2,1-3H3,(H,22,23,24)/t11-/m0/s1. The molecule has 4 rings (SSSR count). The zero-order valence-corrected chi connectivity index (χ0v) is 17.4. The fraction of sp³-hybridized carbons (Fsp3) is 0.381. The van der Waals surface area contributed by atoms with Crippen LogP contribution in [0, 0.1) is 5.92 Å². The molecular weight excluding hydrogens is 392 g/mol. The summed E-state index contributed by atoms with van der Waals surface area (Å²) in [5.41, 5.74) is 1.14. The van der Waals surface area contributed by atoms with E-state index >= 15 is 0 Å². The zero-order valence-electron chi connectivity index (χ0n) is 16.5. The van der Waals surface area contributed by atoms with E-state index < -0.39 is 5.97 Å². The van der Waals surface area contributed by atoms with Crippen LogP contribution in [0.3, 0.4) is 0 Å². The van der Waals surface area contributed by atoms with Gasteiger partial charge in [0.15, 0.2) is 0 Å². The quantitative estimate of drug-likeness (QED) is 0.643. The van der Waals surface area contributed by atoms with Gasteiger partial charge in [0.05, 0.1) is 19.6 Å². The first-order valence-corrected chi connectivity index (χ1v) is 10.2. The Kier molecular flexibility index (Phi) is 5.27. The number of thiophene rings is 1. The Balaban J connectivity index is 1.60. The summed E-state index contributed by atoms with van der Waals surface area (Å²) in [6.07, 6.45) is 2.97. The van der Waals surface area contributed by atoms with Crippen LogP contribution in [0.4, 0.5) is 0 Å². The molecule has 0 unspecified atom stereocenters. The first kappa shape index (κ1) is 19.4. The molecule has 1 aliphatic rings. The van der Waals surface area contributed by atoms with Gasteiger partial charge in [0, 0.05) is 4.88 Å². The van der Waals surface area contributed by atoms with Gasteiger partial charge < -0.3 is 19.2 Å². The van der Waals surface area contributed by atoms with Crippen molar-refractivity contribution in [1.82, 2.24) is 9.97 Å². The average Bonchev–Trinajstić information content (AvgIpc) is 3.08. The molecule has 29 heavy (non-hydrogen) atoms. The fourth-order valence-corrected chi connectivity index (χ4v) is 5.12. The predicted molar refractivity (Wildman–Crippen MR) is 110 cm³/mol. The van der Waals surface area contributed by atoms with Crippen LogP contribution < -0.4 is 15.0 Å². The topological polar surface area (TPSA) is 90.5 Å².